The van der Waals surface area contributed by atoms with Crippen molar-refractivity contribution in [2.24, 2.45) is 0 Å². The van der Waals surface area contributed by atoms with Crippen LogP contribution >= 0.6 is 0 Å². The van der Waals surface area contributed by atoms with Gasteiger partial charge in [-0.15, -0.1) is 0 Å². The van der Waals surface area contributed by atoms with Gasteiger partial charge in [0.25, 0.3) is 0 Å². The summed E-state index contributed by atoms with van der Waals surface area (Å²) in [6.07, 6.45) is 4.66. The van der Waals surface area contributed by atoms with E-state index in [0.29, 0.717) is 15.2 Å². The van der Waals surface area contributed by atoms with Gasteiger partial charge in [-0.05, 0) is 0 Å². The molecule has 0 aromatic heterocycles. The van der Waals surface area contributed by atoms with E-state index in [-0.39, 0.29) is 6.15 Å². The summed E-state index contributed by atoms with van der Waals surface area (Å²) in [5.41, 5.74) is 0. The Labute approximate surface area is 79.4 Å². The Kier molecular flexibility index (Phi) is 9.89. The molecule has 0 radical (unpaired) electrons. The lowest BCUT2D eigenvalue weighted by molar-refractivity contribution is 0.381. The molecule has 7 heteroatoms. The highest BCUT2D eigenvalue weighted by Crippen LogP contribution is 2.10. The average Bonchev–Trinajstić information content (AvgIpc) is 1.88. The molecule has 0 aromatic carbocycles. The van der Waals surface area contributed by atoms with E-state index >= 15 is 0 Å². The molecule has 74 valence electrons. The van der Waals surface area contributed by atoms with Gasteiger partial charge in [-0.1, -0.05) is 29.8 Å². The predicted octanol–water partition coefficient (Wildman–Crippen LogP) is 0.953. The third kappa shape index (κ3) is 22.4. The zero-order chi connectivity index (χ0) is 8.74. The van der Waals surface area contributed by atoms with E-state index in [9.17, 15) is 0 Å². The summed E-state index contributed by atoms with van der Waals surface area (Å²) >= 11 is 0.508. The third-order valence-electron chi connectivity index (χ3n) is 1.50. The van der Waals surface area contributed by atoms with Gasteiger partial charge in [-0.25, -0.2) is 0 Å². The summed E-state index contributed by atoms with van der Waals surface area (Å²) in [4.78, 5) is 0. The van der Waals surface area contributed by atoms with Gasteiger partial charge in [0, 0.05) is 0 Å². The van der Waals surface area contributed by atoms with Gasteiger partial charge >= 0.3 is 10.4 Å². The fraction of sp³-hybridized carbons (Fsp3) is 1.00. The molecule has 0 aliphatic carbocycles. The van der Waals surface area contributed by atoms with Gasteiger partial charge in [0.2, 0.25) is 15.2 Å². The topological polar surface area (TPSA) is 110 Å². The maximum absolute atomic E-state index is 8.74. The Morgan fingerprint density at radius 2 is 1.33 bits per heavy atom. The van der Waals surface area contributed by atoms with E-state index in [1.165, 1.54) is 6.42 Å². The predicted molar refractivity (Wildman–Crippen MR) is 49.8 cm³/mol. The lowest BCUT2D eigenvalue weighted by atomic mass is 10.3. The standard InChI is InChI=1S/C5H10.Al.H3N.H2O4S.H/c1-3-5-4-2;;;1-5(2,3)4;/h1-5H2;;1H3;(H2,1,2,3,4);. The van der Waals surface area contributed by atoms with Gasteiger partial charge in [0.1, 0.15) is 0 Å². The molecule has 1 heterocycles. The van der Waals surface area contributed by atoms with Crippen molar-refractivity contribution < 1.29 is 17.5 Å². The molecular weight excluding hydrogens is 197 g/mol. The summed E-state index contributed by atoms with van der Waals surface area (Å²) in [5.74, 6) is 0. The van der Waals surface area contributed by atoms with Crippen molar-refractivity contribution in [2.45, 2.75) is 29.8 Å². The molecule has 1 rings (SSSR count). The average molecular weight is 213 g/mol. The monoisotopic (exact) mass is 213 g/mol. The van der Waals surface area contributed by atoms with Gasteiger partial charge in [0.05, 0.1) is 0 Å². The molecule has 0 unspecified atom stereocenters. The van der Waals surface area contributed by atoms with E-state index in [1.54, 1.807) is 23.4 Å². The van der Waals surface area contributed by atoms with Crippen LogP contribution < -0.4 is 6.15 Å². The van der Waals surface area contributed by atoms with Crippen LogP contribution in [0, 0.1) is 0 Å². The quantitative estimate of drug-likeness (QED) is 0.410. The van der Waals surface area contributed by atoms with Crippen molar-refractivity contribution in [3.8, 4) is 0 Å². The van der Waals surface area contributed by atoms with Crippen molar-refractivity contribution in [1.82, 2.24) is 6.15 Å². The van der Waals surface area contributed by atoms with Gasteiger partial charge in [-0.3, -0.25) is 9.11 Å². The molecule has 0 amide bonds. The summed E-state index contributed by atoms with van der Waals surface area (Å²) < 4.78 is 31.6. The third-order valence-corrected chi connectivity index (χ3v) is 3.50. The SMILES string of the molecule is C1C[CH2][AlH][CH2]C1.N.O=S(=O)(O)O. The van der Waals surface area contributed by atoms with Crippen LogP contribution in [0.15, 0.2) is 0 Å². The van der Waals surface area contributed by atoms with Crippen molar-refractivity contribution in [2.75, 3.05) is 0 Å². The molecule has 0 saturated carbocycles. The fourth-order valence-corrected chi connectivity index (χ4v) is 2.83. The first-order chi connectivity index (χ1) is 5.00. The van der Waals surface area contributed by atoms with E-state index in [0.717, 1.165) is 0 Å². The lowest BCUT2D eigenvalue weighted by Crippen LogP contribution is -1.94. The fourth-order valence-electron chi connectivity index (χ4n) is 1.06. The molecule has 12 heavy (non-hydrogen) atoms. The molecule has 0 bridgehead atoms. The molecule has 1 fully saturated rings. The van der Waals surface area contributed by atoms with Crippen LogP contribution in [0.5, 0.6) is 0 Å². The number of hydrogen-bond acceptors (Lipinski definition) is 3. The highest BCUT2D eigenvalue weighted by Gasteiger charge is 1.99. The Morgan fingerprint density at radius 1 is 1.00 bits per heavy atom. The molecule has 1 saturated heterocycles. The van der Waals surface area contributed by atoms with Crippen molar-refractivity contribution in [3.05, 3.63) is 0 Å². The second-order valence-electron chi connectivity index (χ2n) is 2.57. The highest BCUT2D eigenvalue weighted by molar-refractivity contribution is 7.79. The molecular formula is C5H16AlNO4S. The molecule has 1 aliphatic heterocycles. The Morgan fingerprint density at radius 3 is 1.42 bits per heavy atom. The molecule has 5 nitrogen and oxygen atoms in total. The highest BCUT2D eigenvalue weighted by atomic mass is 32.3. The van der Waals surface area contributed by atoms with Crippen LogP contribution in [0.2, 0.25) is 10.6 Å². The first-order valence-electron chi connectivity index (χ1n) is 3.70. The van der Waals surface area contributed by atoms with Crippen LogP contribution in [-0.2, 0) is 10.4 Å². The zero-order valence-electron chi connectivity index (χ0n) is 7.07. The van der Waals surface area contributed by atoms with Crippen LogP contribution in [0.1, 0.15) is 19.3 Å². The smallest absolute Gasteiger partial charge is 0.344 e. The van der Waals surface area contributed by atoms with E-state index in [1.807, 2.05) is 0 Å². The summed E-state index contributed by atoms with van der Waals surface area (Å²) in [6, 6.07) is 0. The van der Waals surface area contributed by atoms with E-state index < -0.39 is 10.4 Å². The lowest BCUT2D eigenvalue weighted by Gasteiger charge is -2.03. The van der Waals surface area contributed by atoms with E-state index in [4.69, 9.17) is 17.5 Å². The van der Waals surface area contributed by atoms with Crippen molar-refractivity contribution in [1.29, 1.82) is 0 Å². The minimum absolute atomic E-state index is 0. The largest absolute Gasteiger partial charge is 0.394 e. The molecule has 0 aromatic rings. The summed E-state index contributed by atoms with van der Waals surface area (Å²) in [5, 5.41) is 3.28. The van der Waals surface area contributed by atoms with Crippen LogP contribution in [0.3, 0.4) is 0 Å². The first-order valence-corrected chi connectivity index (χ1v) is 7.10. The van der Waals surface area contributed by atoms with Crippen LogP contribution in [0.4, 0.5) is 0 Å². The molecule has 5 N–H and O–H groups in total. The Bertz CT molecular complexity index is 158. The molecule has 0 atom stereocenters. The molecule has 1 aliphatic rings. The number of hydrogen-bond donors (Lipinski definition) is 3. The maximum Gasteiger partial charge on any atom is 0.394 e. The zero-order valence-corrected chi connectivity index (χ0v) is 9.30. The Hall–Kier alpha value is 0.362. The van der Waals surface area contributed by atoms with Crippen LogP contribution in [-0.4, -0.2) is 32.7 Å². The van der Waals surface area contributed by atoms with Gasteiger partial charge < -0.3 is 6.15 Å². The van der Waals surface area contributed by atoms with Gasteiger partial charge in [0.15, 0.2) is 0 Å². The number of rotatable bonds is 0. The summed E-state index contributed by atoms with van der Waals surface area (Å²) in [7, 11) is -4.67. The minimum atomic E-state index is -4.67. The van der Waals surface area contributed by atoms with E-state index in [2.05, 4.69) is 0 Å². The second kappa shape index (κ2) is 7.98. The Balaban J connectivity index is 0. The van der Waals surface area contributed by atoms with Gasteiger partial charge in [-0.2, -0.15) is 8.42 Å². The van der Waals surface area contributed by atoms with Crippen molar-refractivity contribution >= 4 is 25.6 Å². The minimum Gasteiger partial charge on any atom is -0.344 e. The van der Waals surface area contributed by atoms with Crippen molar-refractivity contribution in [3.63, 3.8) is 0 Å². The second-order valence-corrected chi connectivity index (χ2v) is 5.59. The summed E-state index contributed by atoms with van der Waals surface area (Å²) in [6.45, 7) is 0. The maximum atomic E-state index is 8.74. The molecule has 0 spiro atoms. The van der Waals surface area contributed by atoms with Crippen LogP contribution in [0.25, 0.3) is 0 Å². The normalized spacial score (nSPS) is 16.2. The first kappa shape index (κ1) is 14.9.